The zero-order valence-corrected chi connectivity index (χ0v) is 61.6. The standard InChI is InChI=1S/2C56H36/c1-2-16-39(17-3-1)55-51-22-8-10-24-53(51)56(54-25-11-9-23-52(54)55)43-31-30-40-32-42(29-28-41(40)33-43)44-34-45(49-26-12-18-37-14-4-6-20-47(37)49)36-46(35-44)50-27-13-19-38-15-5-7-21-48(38)50;1-2-14-39(15-3-1)55-51-18-8-10-20-53(51)56(54-21-11-9-19-52(54)55)47-29-28-42-32-46(27-26-43(42)33-47)50-35-48(44-24-22-37-12-4-6-16-40(37)30-44)34-49(36-50)45-25-23-38-13-5-7-17-41(38)31-45/h2*1-36H. The smallest absolute Gasteiger partial charge is 0.00262 e. The van der Waals surface area contributed by atoms with E-state index in [-0.39, 0.29) is 0 Å². The molecule has 0 saturated heterocycles. The third kappa shape index (κ3) is 11.9. The highest BCUT2D eigenvalue weighted by Gasteiger charge is 2.21. The summed E-state index contributed by atoms with van der Waals surface area (Å²) in [4.78, 5) is 0. The number of rotatable bonds is 10. The first kappa shape index (κ1) is 65.7. The summed E-state index contributed by atoms with van der Waals surface area (Å²) in [6.07, 6.45) is 0. The van der Waals surface area contributed by atoms with Crippen molar-refractivity contribution in [2.24, 2.45) is 0 Å². The molecule has 0 heterocycles. The predicted molar refractivity (Wildman–Crippen MR) is 482 cm³/mol. The molecule has 22 rings (SSSR count). The Balaban J connectivity index is 0.000000141. The van der Waals surface area contributed by atoms with Crippen LogP contribution >= 0.6 is 0 Å². The molecule has 0 fully saturated rings. The van der Waals surface area contributed by atoms with Crippen LogP contribution in [0.5, 0.6) is 0 Å². The second kappa shape index (κ2) is 27.9. The van der Waals surface area contributed by atoms with E-state index in [1.165, 1.54) is 219 Å². The van der Waals surface area contributed by atoms with Gasteiger partial charge in [-0.15, -0.1) is 0 Å². The van der Waals surface area contributed by atoms with E-state index >= 15 is 0 Å². The van der Waals surface area contributed by atoms with E-state index in [1.807, 2.05) is 0 Å². The van der Waals surface area contributed by atoms with Crippen molar-refractivity contribution in [3.8, 4) is 111 Å². The Morgan fingerprint density at radius 1 is 0.0893 bits per heavy atom. The van der Waals surface area contributed by atoms with Gasteiger partial charge in [-0.25, -0.2) is 0 Å². The van der Waals surface area contributed by atoms with Crippen LogP contribution in [-0.2, 0) is 0 Å². The first-order chi connectivity index (χ1) is 55.5. The molecule has 0 aliphatic rings. The van der Waals surface area contributed by atoms with Crippen molar-refractivity contribution < 1.29 is 0 Å². The molecular weight excluding hydrogens is 1350 g/mol. The summed E-state index contributed by atoms with van der Waals surface area (Å²) in [5.74, 6) is 0. The molecule has 0 radical (unpaired) electrons. The van der Waals surface area contributed by atoms with Crippen LogP contribution < -0.4 is 0 Å². The number of hydrogen-bond acceptors (Lipinski definition) is 0. The molecule has 0 atom stereocenters. The minimum atomic E-state index is 1.21. The Morgan fingerprint density at radius 2 is 0.295 bits per heavy atom. The Hall–Kier alpha value is -14.6. The van der Waals surface area contributed by atoms with Gasteiger partial charge in [0.05, 0.1) is 0 Å². The van der Waals surface area contributed by atoms with E-state index in [9.17, 15) is 0 Å². The summed E-state index contributed by atoms with van der Waals surface area (Å²) in [7, 11) is 0. The first-order valence-electron chi connectivity index (χ1n) is 38.8. The van der Waals surface area contributed by atoms with Gasteiger partial charge >= 0.3 is 0 Å². The summed E-state index contributed by atoms with van der Waals surface area (Å²) < 4.78 is 0. The van der Waals surface area contributed by atoms with E-state index in [0.29, 0.717) is 0 Å². The van der Waals surface area contributed by atoms with Crippen LogP contribution in [0.15, 0.2) is 437 Å². The molecule has 0 saturated carbocycles. The molecule has 0 N–H and O–H groups in total. The zero-order valence-electron chi connectivity index (χ0n) is 61.6. The van der Waals surface area contributed by atoms with Crippen molar-refractivity contribution in [3.05, 3.63) is 437 Å². The minimum absolute atomic E-state index is 1.21. The first-order valence-corrected chi connectivity index (χ1v) is 38.8. The summed E-state index contributed by atoms with van der Waals surface area (Å²) >= 11 is 0. The largest absolute Gasteiger partial charge is 0.0622 e. The molecule has 0 bridgehead atoms. The van der Waals surface area contributed by atoms with Gasteiger partial charge in [0, 0.05) is 0 Å². The van der Waals surface area contributed by atoms with Crippen LogP contribution in [0.4, 0.5) is 0 Å². The van der Waals surface area contributed by atoms with E-state index < -0.39 is 0 Å². The van der Waals surface area contributed by atoms with E-state index in [0.717, 1.165) is 0 Å². The van der Waals surface area contributed by atoms with E-state index in [4.69, 9.17) is 0 Å². The van der Waals surface area contributed by atoms with Crippen molar-refractivity contribution in [3.63, 3.8) is 0 Å². The van der Waals surface area contributed by atoms with Crippen LogP contribution in [0.2, 0.25) is 0 Å². The van der Waals surface area contributed by atoms with Gasteiger partial charge in [0.15, 0.2) is 0 Å². The second-order valence-corrected chi connectivity index (χ2v) is 29.7. The maximum absolute atomic E-state index is 2.38. The molecule has 0 spiro atoms. The van der Waals surface area contributed by atoms with Crippen LogP contribution in [0.25, 0.3) is 219 Å². The van der Waals surface area contributed by atoms with Gasteiger partial charge in [-0.1, -0.05) is 364 Å². The summed E-state index contributed by atoms with van der Waals surface area (Å²) in [6.45, 7) is 0. The number of benzene rings is 22. The Morgan fingerprint density at radius 3 is 0.616 bits per heavy atom. The summed E-state index contributed by atoms with van der Waals surface area (Å²) in [6, 6.07) is 161. The SMILES string of the molecule is c1ccc(-c2c3ccccc3c(-c3ccc4cc(-c5cc(-c6ccc7ccccc7c6)cc(-c6ccc7ccccc7c6)c5)ccc4c3)c3ccccc23)cc1.c1ccc(-c2c3ccccc3c(-c3ccc4cc(-c5cc(-c6cccc7ccccc67)cc(-c6cccc7ccccc67)c5)ccc4c3)c3ccccc23)cc1. The quantitative estimate of drug-likeness (QED) is 0.120. The normalized spacial score (nSPS) is 11.6. The molecule has 0 nitrogen and oxygen atoms in total. The maximum Gasteiger partial charge on any atom is -0.00262 e. The highest BCUT2D eigenvalue weighted by molar-refractivity contribution is 6.23. The fourth-order valence-corrected chi connectivity index (χ4v) is 17.8. The highest BCUT2D eigenvalue weighted by atomic mass is 14.2. The number of fused-ring (bicyclic) bond motifs is 10. The van der Waals surface area contributed by atoms with Crippen LogP contribution in [0, 0.1) is 0 Å². The molecule has 0 heteroatoms. The van der Waals surface area contributed by atoms with E-state index in [2.05, 4.69) is 437 Å². The lowest BCUT2D eigenvalue weighted by Crippen LogP contribution is -1.91. The molecule has 0 aliphatic heterocycles. The lowest BCUT2D eigenvalue weighted by Gasteiger charge is -2.18. The minimum Gasteiger partial charge on any atom is -0.0622 e. The molecule has 0 amide bonds. The Kier molecular flexibility index (Phi) is 16.4. The molecule has 22 aromatic carbocycles. The Labute approximate surface area is 651 Å². The predicted octanol–water partition coefficient (Wildman–Crippen LogP) is 31.6. The van der Waals surface area contributed by atoms with Crippen molar-refractivity contribution in [1.82, 2.24) is 0 Å². The molecular formula is C112H72. The van der Waals surface area contributed by atoms with Gasteiger partial charge in [-0.05, 0) is 292 Å². The van der Waals surface area contributed by atoms with Crippen LogP contribution in [-0.4, -0.2) is 0 Å². The molecule has 0 aromatic heterocycles. The van der Waals surface area contributed by atoms with Crippen molar-refractivity contribution in [2.75, 3.05) is 0 Å². The lowest BCUT2D eigenvalue weighted by molar-refractivity contribution is 1.59. The van der Waals surface area contributed by atoms with Gasteiger partial charge in [-0.2, -0.15) is 0 Å². The average Bonchev–Trinajstić information content (AvgIpc) is 0.736. The molecule has 520 valence electrons. The third-order valence-corrected chi connectivity index (χ3v) is 23.1. The third-order valence-electron chi connectivity index (χ3n) is 23.1. The van der Waals surface area contributed by atoms with Crippen molar-refractivity contribution in [2.45, 2.75) is 0 Å². The lowest BCUT2D eigenvalue weighted by atomic mass is 9.85. The molecule has 0 unspecified atom stereocenters. The zero-order chi connectivity index (χ0) is 74.0. The van der Waals surface area contributed by atoms with Gasteiger partial charge in [0.25, 0.3) is 0 Å². The topological polar surface area (TPSA) is 0 Å². The van der Waals surface area contributed by atoms with Gasteiger partial charge < -0.3 is 0 Å². The summed E-state index contributed by atoms with van der Waals surface area (Å²) in [5, 5.41) is 25.1. The molecule has 112 heavy (non-hydrogen) atoms. The second-order valence-electron chi connectivity index (χ2n) is 29.7. The monoisotopic (exact) mass is 1420 g/mol. The van der Waals surface area contributed by atoms with E-state index in [1.54, 1.807) is 0 Å². The molecule has 0 aliphatic carbocycles. The van der Waals surface area contributed by atoms with Gasteiger partial charge in [0.1, 0.15) is 0 Å². The molecule has 22 aromatic rings. The Bertz CT molecular complexity index is 7170. The fourth-order valence-electron chi connectivity index (χ4n) is 17.8. The maximum atomic E-state index is 2.38. The highest BCUT2D eigenvalue weighted by Crippen LogP contribution is 2.48. The average molecular weight is 1420 g/mol. The van der Waals surface area contributed by atoms with Crippen LogP contribution in [0.3, 0.4) is 0 Å². The van der Waals surface area contributed by atoms with Gasteiger partial charge in [-0.3, -0.25) is 0 Å². The fraction of sp³-hybridized carbons (Fsp3) is 0. The van der Waals surface area contributed by atoms with Crippen molar-refractivity contribution >= 4 is 108 Å². The van der Waals surface area contributed by atoms with Crippen LogP contribution in [0.1, 0.15) is 0 Å². The van der Waals surface area contributed by atoms with Gasteiger partial charge in [0.2, 0.25) is 0 Å². The number of hydrogen-bond donors (Lipinski definition) is 0. The summed E-state index contributed by atoms with van der Waals surface area (Å²) in [5.41, 5.74) is 24.7. The van der Waals surface area contributed by atoms with Crippen molar-refractivity contribution in [1.29, 1.82) is 0 Å².